The summed E-state index contributed by atoms with van der Waals surface area (Å²) in [5, 5.41) is 3.42. The van der Waals surface area contributed by atoms with Gasteiger partial charge in [-0.05, 0) is 57.0 Å². The van der Waals surface area contributed by atoms with Crippen LogP contribution in [0.4, 0.5) is 4.79 Å². The van der Waals surface area contributed by atoms with Crippen LogP contribution in [-0.2, 0) is 4.74 Å². The van der Waals surface area contributed by atoms with E-state index in [0.29, 0.717) is 6.61 Å². The number of ether oxygens (including phenoxy) is 1. The molecule has 0 radical (unpaired) electrons. The molecule has 0 atom stereocenters. The molecule has 2 aliphatic heterocycles. The Morgan fingerprint density at radius 2 is 1.79 bits per heavy atom. The average molecular weight is 268 g/mol. The molecule has 0 aromatic heterocycles. The van der Waals surface area contributed by atoms with Gasteiger partial charge in [0.1, 0.15) is 0 Å². The van der Waals surface area contributed by atoms with Crippen molar-refractivity contribution in [3.63, 3.8) is 0 Å². The zero-order valence-electron chi connectivity index (χ0n) is 12.2. The van der Waals surface area contributed by atoms with E-state index in [2.05, 4.69) is 12.2 Å². The van der Waals surface area contributed by atoms with Gasteiger partial charge in [-0.2, -0.15) is 0 Å². The fraction of sp³-hybridized carbons (Fsp3) is 0.933. The van der Waals surface area contributed by atoms with Crippen LogP contribution in [0.3, 0.4) is 0 Å². The molecule has 4 nitrogen and oxygen atoms in total. The molecule has 2 heterocycles. The highest BCUT2D eigenvalue weighted by molar-refractivity contribution is 5.67. The van der Waals surface area contributed by atoms with E-state index in [-0.39, 0.29) is 6.09 Å². The average Bonchev–Trinajstić information content (AvgIpc) is 2.48. The molecule has 1 amide bonds. The third kappa shape index (κ3) is 4.37. The Bertz CT molecular complexity index is 269. The van der Waals surface area contributed by atoms with Crippen LogP contribution < -0.4 is 5.32 Å². The van der Waals surface area contributed by atoms with Crippen molar-refractivity contribution in [1.82, 2.24) is 10.2 Å². The molecule has 2 rings (SSSR count). The molecule has 2 saturated heterocycles. The summed E-state index contributed by atoms with van der Waals surface area (Å²) in [4.78, 5) is 13.7. The van der Waals surface area contributed by atoms with Crippen LogP contribution >= 0.6 is 0 Å². The lowest BCUT2D eigenvalue weighted by Gasteiger charge is -2.37. The maximum absolute atomic E-state index is 11.8. The molecule has 0 saturated carbocycles. The van der Waals surface area contributed by atoms with E-state index >= 15 is 0 Å². The van der Waals surface area contributed by atoms with E-state index in [1.165, 1.54) is 25.9 Å². The Hall–Kier alpha value is -0.770. The number of rotatable bonds is 4. The number of hydrogen-bond donors (Lipinski definition) is 1. The van der Waals surface area contributed by atoms with Crippen LogP contribution in [0.5, 0.6) is 0 Å². The van der Waals surface area contributed by atoms with Gasteiger partial charge in [-0.1, -0.05) is 13.3 Å². The highest BCUT2D eigenvalue weighted by Gasteiger charge is 2.29. The van der Waals surface area contributed by atoms with E-state index in [0.717, 1.165) is 50.6 Å². The van der Waals surface area contributed by atoms with Gasteiger partial charge in [0.2, 0.25) is 0 Å². The molecule has 1 N–H and O–H groups in total. The van der Waals surface area contributed by atoms with E-state index < -0.39 is 0 Å². The van der Waals surface area contributed by atoms with Crippen molar-refractivity contribution in [2.75, 3.05) is 32.8 Å². The van der Waals surface area contributed by atoms with Crippen LogP contribution in [0.2, 0.25) is 0 Å². The first kappa shape index (κ1) is 14.6. The molecule has 0 unspecified atom stereocenters. The standard InChI is InChI=1S/C15H28N2O2/c1-2-3-12-19-15(18)17-10-6-14(7-11-17)13-4-8-16-9-5-13/h13-14,16H,2-12H2,1H3. The number of carbonyl (C=O) groups excluding carboxylic acids is 1. The summed E-state index contributed by atoms with van der Waals surface area (Å²) in [7, 11) is 0. The molecule has 19 heavy (non-hydrogen) atoms. The fourth-order valence-corrected chi connectivity index (χ4v) is 3.26. The highest BCUT2D eigenvalue weighted by Crippen LogP contribution is 2.30. The largest absolute Gasteiger partial charge is 0.449 e. The summed E-state index contributed by atoms with van der Waals surface area (Å²) in [5.74, 6) is 1.70. The van der Waals surface area contributed by atoms with Crippen LogP contribution in [0, 0.1) is 11.8 Å². The minimum absolute atomic E-state index is 0.0998. The van der Waals surface area contributed by atoms with Crippen LogP contribution in [0.15, 0.2) is 0 Å². The van der Waals surface area contributed by atoms with E-state index in [1.807, 2.05) is 4.90 Å². The third-order valence-electron chi connectivity index (χ3n) is 4.57. The minimum Gasteiger partial charge on any atom is -0.449 e. The van der Waals surface area contributed by atoms with Gasteiger partial charge in [0.15, 0.2) is 0 Å². The summed E-state index contributed by atoms with van der Waals surface area (Å²) in [5.41, 5.74) is 0. The monoisotopic (exact) mass is 268 g/mol. The topological polar surface area (TPSA) is 41.6 Å². The second-order valence-corrected chi connectivity index (χ2v) is 5.88. The van der Waals surface area contributed by atoms with Gasteiger partial charge in [0.05, 0.1) is 6.61 Å². The van der Waals surface area contributed by atoms with Crippen LogP contribution in [0.1, 0.15) is 45.4 Å². The zero-order chi connectivity index (χ0) is 13.5. The lowest BCUT2D eigenvalue weighted by atomic mass is 9.79. The van der Waals surface area contributed by atoms with Crippen molar-refractivity contribution in [1.29, 1.82) is 0 Å². The minimum atomic E-state index is -0.0998. The Labute approximate surface area is 116 Å². The summed E-state index contributed by atoms with van der Waals surface area (Å²) >= 11 is 0. The number of nitrogens with zero attached hydrogens (tertiary/aromatic N) is 1. The van der Waals surface area contributed by atoms with Gasteiger partial charge in [-0.25, -0.2) is 4.79 Å². The first-order chi connectivity index (χ1) is 9.31. The number of unbranched alkanes of at least 4 members (excludes halogenated alkanes) is 1. The Morgan fingerprint density at radius 1 is 1.16 bits per heavy atom. The predicted octanol–water partition coefficient (Wildman–Crippen LogP) is 2.63. The van der Waals surface area contributed by atoms with E-state index in [1.54, 1.807) is 0 Å². The van der Waals surface area contributed by atoms with Crippen molar-refractivity contribution in [2.24, 2.45) is 11.8 Å². The highest BCUT2D eigenvalue weighted by atomic mass is 16.6. The van der Waals surface area contributed by atoms with Gasteiger partial charge in [0, 0.05) is 13.1 Å². The smallest absolute Gasteiger partial charge is 0.409 e. The number of nitrogens with one attached hydrogen (secondary N) is 1. The summed E-state index contributed by atoms with van der Waals surface area (Å²) in [6.07, 6.45) is 6.89. The normalized spacial score (nSPS) is 22.5. The maximum Gasteiger partial charge on any atom is 0.409 e. The molecule has 0 spiro atoms. The molecule has 2 aliphatic rings. The third-order valence-corrected chi connectivity index (χ3v) is 4.57. The fourth-order valence-electron chi connectivity index (χ4n) is 3.26. The first-order valence-electron chi connectivity index (χ1n) is 7.93. The van der Waals surface area contributed by atoms with E-state index in [4.69, 9.17) is 4.74 Å². The predicted molar refractivity (Wildman–Crippen MR) is 76.1 cm³/mol. The molecule has 0 aliphatic carbocycles. The molecule has 0 bridgehead atoms. The number of piperidine rings is 2. The summed E-state index contributed by atoms with van der Waals surface area (Å²) in [6.45, 7) is 6.80. The van der Waals surface area contributed by atoms with Crippen molar-refractivity contribution >= 4 is 6.09 Å². The second kappa shape index (κ2) is 7.73. The number of likely N-dealkylation sites (tertiary alicyclic amines) is 1. The SMILES string of the molecule is CCCCOC(=O)N1CCC(C2CCNCC2)CC1. The Morgan fingerprint density at radius 3 is 2.42 bits per heavy atom. The molecule has 2 fully saturated rings. The van der Waals surface area contributed by atoms with Gasteiger partial charge < -0.3 is 15.0 Å². The number of amides is 1. The van der Waals surface area contributed by atoms with Crippen LogP contribution in [0.25, 0.3) is 0 Å². The number of hydrogen-bond acceptors (Lipinski definition) is 3. The Kier molecular flexibility index (Phi) is 5.95. The van der Waals surface area contributed by atoms with E-state index in [9.17, 15) is 4.79 Å². The second-order valence-electron chi connectivity index (χ2n) is 5.88. The summed E-state index contributed by atoms with van der Waals surface area (Å²) in [6, 6.07) is 0. The molecule has 0 aromatic rings. The molecule has 110 valence electrons. The zero-order valence-corrected chi connectivity index (χ0v) is 12.2. The molecular weight excluding hydrogens is 240 g/mol. The van der Waals surface area contributed by atoms with Gasteiger partial charge in [-0.3, -0.25) is 0 Å². The van der Waals surface area contributed by atoms with Gasteiger partial charge in [0.25, 0.3) is 0 Å². The molecular formula is C15H28N2O2. The first-order valence-corrected chi connectivity index (χ1v) is 7.93. The van der Waals surface area contributed by atoms with Crippen molar-refractivity contribution in [2.45, 2.75) is 45.4 Å². The summed E-state index contributed by atoms with van der Waals surface area (Å²) < 4.78 is 5.28. The van der Waals surface area contributed by atoms with Crippen molar-refractivity contribution < 1.29 is 9.53 Å². The van der Waals surface area contributed by atoms with Crippen molar-refractivity contribution in [3.05, 3.63) is 0 Å². The van der Waals surface area contributed by atoms with Crippen molar-refractivity contribution in [3.8, 4) is 0 Å². The quantitative estimate of drug-likeness (QED) is 0.797. The number of carbonyl (C=O) groups is 1. The Balaban J connectivity index is 1.68. The molecule has 4 heteroatoms. The van der Waals surface area contributed by atoms with Gasteiger partial charge >= 0.3 is 6.09 Å². The van der Waals surface area contributed by atoms with Crippen LogP contribution in [-0.4, -0.2) is 43.8 Å². The van der Waals surface area contributed by atoms with Gasteiger partial charge in [-0.15, -0.1) is 0 Å². The lowest BCUT2D eigenvalue weighted by Crippen LogP contribution is -2.42. The molecule has 0 aromatic carbocycles. The lowest BCUT2D eigenvalue weighted by molar-refractivity contribution is 0.0763. The maximum atomic E-state index is 11.8.